The number of likely N-dealkylation sites (tertiary alicyclic amines) is 1. The Kier molecular flexibility index (Phi) is 5.44. The zero-order valence-electron chi connectivity index (χ0n) is 16.9. The highest BCUT2D eigenvalue weighted by Crippen LogP contribution is 2.30. The third-order valence-corrected chi connectivity index (χ3v) is 5.83. The molecule has 0 saturated carbocycles. The number of rotatable bonds is 4. The number of nitrogens with one attached hydrogen (secondary N) is 2. The Bertz CT molecular complexity index is 1090. The van der Waals surface area contributed by atoms with Crippen LogP contribution in [0.1, 0.15) is 24.0 Å². The summed E-state index contributed by atoms with van der Waals surface area (Å²) in [6.45, 7) is 3.43. The van der Waals surface area contributed by atoms with Gasteiger partial charge in [-0.2, -0.15) is 0 Å². The number of carbonyl (C=O) groups is 2. The normalized spacial score (nSPS) is 16.6. The molecular weight excluding hydrogens is 383 g/mol. The van der Waals surface area contributed by atoms with Gasteiger partial charge in [-0.15, -0.1) is 0 Å². The number of hydrogen-bond acceptors (Lipinski definition) is 2. The molecule has 1 aliphatic heterocycles. The molecule has 1 fully saturated rings. The zero-order chi connectivity index (χ0) is 21.3. The minimum absolute atomic E-state index is 0.0566. The van der Waals surface area contributed by atoms with Crippen molar-refractivity contribution in [2.24, 2.45) is 11.7 Å². The van der Waals surface area contributed by atoms with Crippen LogP contribution in [-0.4, -0.2) is 34.9 Å². The second-order valence-electron chi connectivity index (χ2n) is 7.85. The molecule has 0 aliphatic carbocycles. The summed E-state index contributed by atoms with van der Waals surface area (Å²) >= 11 is 0. The first kappa shape index (κ1) is 19.9. The highest BCUT2D eigenvalue weighted by atomic mass is 19.1. The molecule has 4 N–H and O–H groups in total. The fourth-order valence-corrected chi connectivity index (χ4v) is 4.11. The molecule has 1 saturated heterocycles. The molecule has 6 nitrogen and oxygen atoms in total. The van der Waals surface area contributed by atoms with Crippen molar-refractivity contribution in [3.8, 4) is 11.3 Å². The molecule has 0 spiro atoms. The van der Waals surface area contributed by atoms with Gasteiger partial charge in [-0.1, -0.05) is 6.07 Å². The lowest BCUT2D eigenvalue weighted by molar-refractivity contribution is -0.126. The number of fused-ring (bicyclic) bond motifs is 1. The molecule has 1 aliphatic rings. The number of primary amides is 1. The molecule has 2 aromatic carbocycles. The number of carbonyl (C=O) groups excluding carboxylic acids is 2. The number of amides is 3. The molecule has 1 atom stereocenters. The van der Waals surface area contributed by atoms with E-state index in [4.69, 9.17) is 5.73 Å². The monoisotopic (exact) mass is 408 g/mol. The predicted octanol–water partition coefficient (Wildman–Crippen LogP) is 3.69. The summed E-state index contributed by atoms with van der Waals surface area (Å²) in [6.07, 6.45) is 1.54. The maximum absolute atomic E-state index is 13.2. The first-order valence-electron chi connectivity index (χ1n) is 10.1. The zero-order valence-corrected chi connectivity index (χ0v) is 16.9. The van der Waals surface area contributed by atoms with Crippen LogP contribution in [-0.2, 0) is 11.3 Å². The summed E-state index contributed by atoms with van der Waals surface area (Å²) in [5, 5.41) is 4.06. The van der Waals surface area contributed by atoms with Gasteiger partial charge in [0.25, 0.3) is 0 Å². The van der Waals surface area contributed by atoms with Crippen molar-refractivity contribution in [2.45, 2.75) is 26.3 Å². The molecule has 156 valence electrons. The number of hydrogen-bond donors (Lipinski definition) is 3. The molecule has 0 unspecified atom stereocenters. The number of piperidine rings is 1. The maximum Gasteiger partial charge on any atom is 0.314 e. The van der Waals surface area contributed by atoms with Crippen molar-refractivity contribution < 1.29 is 14.0 Å². The summed E-state index contributed by atoms with van der Waals surface area (Å²) < 4.78 is 13.2. The van der Waals surface area contributed by atoms with E-state index in [-0.39, 0.29) is 17.6 Å². The van der Waals surface area contributed by atoms with Crippen molar-refractivity contribution in [1.82, 2.24) is 15.2 Å². The van der Waals surface area contributed by atoms with E-state index in [2.05, 4.69) is 16.4 Å². The topological polar surface area (TPSA) is 91.2 Å². The molecule has 0 radical (unpaired) electrons. The van der Waals surface area contributed by atoms with E-state index in [1.165, 1.54) is 17.0 Å². The van der Waals surface area contributed by atoms with Gasteiger partial charge in [-0.25, -0.2) is 9.18 Å². The molecule has 1 aromatic heterocycles. The SMILES string of the molecule is Cc1c(-c2ccc(F)cc2)[nH]c2ccc(CNC(=O)[C@H]3CCCN(C(N)=O)C3)cc12. The Labute approximate surface area is 174 Å². The van der Waals surface area contributed by atoms with E-state index >= 15 is 0 Å². The first-order chi connectivity index (χ1) is 14.4. The summed E-state index contributed by atoms with van der Waals surface area (Å²) in [6, 6.07) is 12.0. The third kappa shape index (κ3) is 4.01. The Balaban J connectivity index is 1.47. The lowest BCUT2D eigenvalue weighted by atomic mass is 9.97. The molecule has 4 rings (SSSR count). The number of H-pyrrole nitrogens is 1. The summed E-state index contributed by atoms with van der Waals surface area (Å²) in [4.78, 5) is 28.9. The largest absolute Gasteiger partial charge is 0.354 e. The number of urea groups is 1. The van der Waals surface area contributed by atoms with Crippen molar-refractivity contribution in [3.63, 3.8) is 0 Å². The van der Waals surface area contributed by atoms with E-state index in [9.17, 15) is 14.0 Å². The number of nitrogens with zero attached hydrogens (tertiary/aromatic N) is 1. The predicted molar refractivity (Wildman–Crippen MR) is 114 cm³/mol. The standard InChI is InChI=1S/C23H25FN4O2/c1-14-19-11-15(12-26-22(29)17-3-2-10-28(13-17)23(25)30)4-9-20(19)27-21(14)16-5-7-18(24)8-6-16/h4-9,11,17,27H,2-3,10,12-13H2,1H3,(H2,25,30)(H,26,29)/t17-/m0/s1. The van der Waals surface area contributed by atoms with E-state index in [1.807, 2.05) is 19.1 Å². The van der Waals surface area contributed by atoms with Gasteiger partial charge in [0.1, 0.15) is 5.82 Å². The second kappa shape index (κ2) is 8.18. The van der Waals surface area contributed by atoms with Crippen LogP contribution in [0, 0.1) is 18.7 Å². The number of aryl methyl sites for hydroxylation is 1. The highest BCUT2D eigenvalue weighted by Gasteiger charge is 2.27. The van der Waals surface area contributed by atoms with Crippen molar-refractivity contribution in [2.75, 3.05) is 13.1 Å². The summed E-state index contributed by atoms with van der Waals surface area (Å²) in [7, 11) is 0. The fraction of sp³-hybridized carbons (Fsp3) is 0.304. The van der Waals surface area contributed by atoms with Gasteiger partial charge in [0.05, 0.1) is 5.92 Å². The van der Waals surface area contributed by atoms with Gasteiger partial charge >= 0.3 is 6.03 Å². The Morgan fingerprint density at radius 1 is 1.23 bits per heavy atom. The van der Waals surface area contributed by atoms with E-state index in [0.29, 0.717) is 19.6 Å². The number of halogens is 1. The quantitative estimate of drug-likeness (QED) is 0.614. The van der Waals surface area contributed by atoms with Crippen molar-refractivity contribution >= 4 is 22.8 Å². The smallest absolute Gasteiger partial charge is 0.314 e. The van der Waals surface area contributed by atoms with Crippen LogP contribution in [0.2, 0.25) is 0 Å². The third-order valence-electron chi connectivity index (χ3n) is 5.83. The van der Waals surface area contributed by atoms with Crippen LogP contribution in [0.3, 0.4) is 0 Å². The van der Waals surface area contributed by atoms with Crippen molar-refractivity contribution in [3.05, 3.63) is 59.4 Å². The van der Waals surface area contributed by atoms with Crippen LogP contribution in [0.4, 0.5) is 9.18 Å². The molecule has 2 heterocycles. The van der Waals surface area contributed by atoms with Gasteiger partial charge in [0.15, 0.2) is 0 Å². The van der Waals surface area contributed by atoms with Gasteiger partial charge in [0.2, 0.25) is 5.91 Å². The first-order valence-corrected chi connectivity index (χ1v) is 10.1. The van der Waals surface area contributed by atoms with Crippen molar-refractivity contribution in [1.29, 1.82) is 0 Å². The minimum atomic E-state index is -0.474. The number of nitrogens with two attached hydrogens (primary N) is 1. The fourth-order valence-electron chi connectivity index (χ4n) is 4.11. The van der Waals surface area contributed by atoms with Gasteiger partial charge in [0, 0.05) is 36.2 Å². The Hall–Kier alpha value is -3.35. The molecule has 3 amide bonds. The van der Waals surface area contributed by atoms with Gasteiger partial charge in [-0.3, -0.25) is 4.79 Å². The number of benzene rings is 2. The number of aromatic amines is 1. The van der Waals surface area contributed by atoms with Gasteiger partial charge < -0.3 is 20.9 Å². The molecular formula is C23H25FN4O2. The number of aromatic nitrogens is 1. The van der Waals surface area contributed by atoms with E-state index < -0.39 is 6.03 Å². The lowest BCUT2D eigenvalue weighted by Gasteiger charge is -2.30. The summed E-state index contributed by atoms with van der Waals surface area (Å²) in [5.74, 6) is -0.546. The van der Waals surface area contributed by atoms with Crippen LogP contribution in [0.25, 0.3) is 22.2 Å². The van der Waals surface area contributed by atoms with E-state index in [0.717, 1.165) is 46.1 Å². The highest BCUT2D eigenvalue weighted by molar-refractivity contribution is 5.91. The van der Waals surface area contributed by atoms with E-state index in [1.54, 1.807) is 12.1 Å². The Morgan fingerprint density at radius 3 is 2.73 bits per heavy atom. The molecule has 7 heteroatoms. The molecule has 30 heavy (non-hydrogen) atoms. The second-order valence-corrected chi connectivity index (χ2v) is 7.85. The maximum atomic E-state index is 13.2. The summed E-state index contributed by atoms with van der Waals surface area (Å²) in [5.41, 5.74) is 10.3. The average Bonchev–Trinajstić information content (AvgIpc) is 3.08. The molecule has 3 aromatic rings. The van der Waals surface area contributed by atoms with Crippen LogP contribution in [0.15, 0.2) is 42.5 Å². The molecule has 0 bridgehead atoms. The minimum Gasteiger partial charge on any atom is -0.354 e. The van der Waals surface area contributed by atoms with Crippen LogP contribution in [0.5, 0.6) is 0 Å². The van der Waals surface area contributed by atoms with Crippen LogP contribution >= 0.6 is 0 Å². The van der Waals surface area contributed by atoms with Crippen LogP contribution < -0.4 is 11.1 Å². The lowest BCUT2D eigenvalue weighted by Crippen LogP contribution is -2.47. The average molecular weight is 408 g/mol. The van der Waals surface area contributed by atoms with Gasteiger partial charge in [-0.05, 0) is 72.9 Å². The Morgan fingerprint density at radius 2 is 2.00 bits per heavy atom.